The number of fused-ring (bicyclic) bond motifs is 1. The molecule has 0 radical (unpaired) electrons. The van der Waals surface area contributed by atoms with Crippen molar-refractivity contribution < 1.29 is 19.1 Å². The molecule has 3 aromatic rings. The number of aldehydes is 1. The molecule has 0 spiro atoms. The van der Waals surface area contributed by atoms with Gasteiger partial charge >= 0.3 is 0 Å². The van der Waals surface area contributed by atoms with Gasteiger partial charge in [-0.05, 0) is 37.3 Å². The van der Waals surface area contributed by atoms with E-state index in [0.29, 0.717) is 34.4 Å². The topological polar surface area (TPSA) is 81.7 Å². The van der Waals surface area contributed by atoms with Gasteiger partial charge in [0.2, 0.25) is 0 Å². The maximum Gasteiger partial charge on any atom is 0.153 e. The zero-order valence-electron chi connectivity index (χ0n) is 19.4. The van der Waals surface area contributed by atoms with Gasteiger partial charge in [0, 0.05) is 25.6 Å². The van der Waals surface area contributed by atoms with Gasteiger partial charge < -0.3 is 14.8 Å². The number of hydrogen-bond acceptors (Lipinski definition) is 7. The molecule has 1 atom stereocenters. The van der Waals surface area contributed by atoms with Crippen LogP contribution in [0.1, 0.15) is 31.1 Å². The number of hydrogen-bond donors (Lipinski definition) is 2. The van der Waals surface area contributed by atoms with E-state index < -0.39 is 0 Å². The number of nitrogens with one attached hydrogen (secondary N) is 2. The Morgan fingerprint density at radius 2 is 1.84 bits per heavy atom. The molecule has 1 aromatic heterocycles. The molecule has 1 unspecified atom stereocenters. The molecule has 0 saturated carbocycles. The molecule has 0 aliphatic rings. The predicted octanol–water partition coefficient (Wildman–Crippen LogP) is 5.65. The first-order valence-electron chi connectivity index (χ1n) is 10.3. The van der Waals surface area contributed by atoms with Crippen molar-refractivity contribution in [3.05, 3.63) is 59.1 Å². The number of methoxy groups -OCH3 is 2. The first-order chi connectivity index (χ1) is 15.5. The third-order valence-electron chi connectivity index (χ3n) is 4.17. The second-order valence-corrected chi connectivity index (χ2v) is 6.68. The van der Waals surface area contributed by atoms with Gasteiger partial charge in [0.25, 0.3) is 0 Å². The molecular weight excluding hydrogens is 430 g/mol. The molecule has 3 rings (SSSR count). The highest BCUT2D eigenvalue weighted by Crippen LogP contribution is 2.28. The number of ether oxygens (including phenoxy) is 2. The quantitative estimate of drug-likeness (QED) is 0.331. The van der Waals surface area contributed by atoms with E-state index in [9.17, 15) is 4.79 Å². The van der Waals surface area contributed by atoms with Crippen LogP contribution in [0.25, 0.3) is 10.9 Å². The molecule has 32 heavy (non-hydrogen) atoms. The lowest BCUT2D eigenvalue weighted by Gasteiger charge is -2.11. The number of rotatable bonds is 8. The third kappa shape index (κ3) is 8.43. The van der Waals surface area contributed by atoms with Crippen LogP contribution in [-0.2, 0) is 9.57 Å². The summed E-state index contributed by atoms with van der Waals surface area (Å²) in [6.07, 6.45) is 0.943. The normalized spacial score (nSPS) is 10.8. The lowest BCUT2D eigenvalue weighted by atomic mass is 10.1. The number of carbonyl (C=O) groups is 1. The molecule has 2 N–H and O–H groups in total. The second-order valence-electron chi connectivity index (χ2n) is 6.27. The van der Waals surface area contributed by atoms with Crippen LogP contribution in [-0.4, -0.2) is 45.2 Å². The Morgan fingerprint density at radius 3 is 2.44 bits per heavy atom. The zero-order chi connectivity index (χ0) is 23.9. The molecular formula is C24H32ClN3O4. The van der Waals surface area contributed by atoms with Crippen molar-refractivity contribution in [2.75, 3.05) is 33.2 Å². The highest BCUT2D eigenvalue weighted by molar-refractivity contribution is 6.33. The maximum atomic E-state index is 11.3. The second kappa shape index (κ2) is 15.2. The summed E-state index contributed by atoms with van der Waals surface area (Å²) in [7, 11) is 4.98. The number of halogens is 1. The molecule has 0 amide bonds. The molecule has 8 heteroatoms. The minimum Gasteiger partial charge on any atom is -0.497 e. The molecule has 0 saturated heterocycles. The van der Waals surface area contributed by atoms with Crippen LogP contribution in [0.4, 0.5) is 11.5 Å². The van der Waals surface area contributed by atoms with Gasteiger partial charge in [-0.15, -0.1) is 0 Å². The Kier molecular flexibility index (Phi) is 12.9. The van der Waals surface area contributed by atoms with Crippen molar-refractivity contribution in [3.63, 3.8) is 0 Å². The van der Waals surface area contributed by atoms with Crippen LogP contribution in [0.3, 0.4) is 0 Å². The first-order valence-corrected chi connectivity index (χ1v) is 10.7. The van der Waals surface area contributed by atoms with Crippen molar-refractivity contribution in [1.82, 2.24) is 10.5 Å². The third-order valence-corrected chi connectivity index (χ3v) is 4.50. The molecule has 2 aromatic carbocycles. The fourth-order valence-electron chi connectivity index (χ4n) is 2.44. The minimum atomic E-state index is 0.169. The molecule has 0 fully saturated rings. The van der Waals surface area contributed by atoms with Gasteiger partial charge in [-0.3, -0.25) is 9.63 Å². The van der Waals surface area contributed by atoms with Crippen molar-refractivity contribution in [1.29, 1.82) is 0 Å². The Labute approximate surface area is 195 Å². The summed E-state index contributed by atoms with van der Waals surface area (Å²) in [5.74, 6) is 1.17. The molecule has 0 aliphatic heterocycles. The van der Waals surface area contributed by atoms with Crippen molar-refractivity contribution >= 4 is 40.3 Å². The predicted molar refractivity (Wildman–Crippen MR) is 131 cm³/mol. The SMILES string of the molecule is CC.CNOCC(C)OC.COc1ccc2cc(C=O)c(Nc3ccccc3Cl)nc2c1. The fourth-order valence-corrected chi connectivity index (χ4v) is 2.62. The molecule has 0 aliphatic carbocycles. The summed E-state index contributed by atoms with van der Waals surface area (Å²) in [5.41, 5.74) is 4.45. The van der Waals surface area contributed by atoms with Crippen LogP contribution in [0.2, 0.25) is 5.02 Å². The van der Waals surface area contributed by atoms with E-state index in [1.54, 1.807) is 33.4 Å². The van der Waals surface area contributed by atoms with Gasteiger partial charge in [0.05, 0.1) is 41.6 Å². The van der Waals surface area contributed by atoms with Gasteiger partial charge in [0.15, 0.2) is 6.29 Å². The van der Waals surface area contributed by atoms with Crippen LogP contribution >= 0.6 is 11.6 Å². The number of anilines is 2. The summed E-state index contributed by atoms with van der Waals surface area (Å²) in [6.45, 7) is 6.53. The minimum absolute atomic E-state index is 0.169. The number of pyridine rings is 1. The Morgan fingerprint density at radius 1 is 1.12 bits per heavy atom. The standard InChI is InChI=1S/C17H13ClN2O2.C5H13NO2.C2H6/c1-22-13-7-6-11-8-12(10-21)17(20-16(11)9-13)19-15-5-3-2-4-14(15)18;1-5(7-3)4-8-6-2;1-2/h2-10H,1H3,(H,19,20);5-6H,4H2,1-3H3;1-2H3. The summed E-state index contributed by atoms with van der Waals surface area (Å²) < 4.78 is 10.1. The van der Waals surface area contributed by atoms with E-state index in [4.69, 9.17) is 25.9 Å². The monoisotopic (exact) mass is 461 g/mol. The Bertz CT molecular complexity index is 969. The summed E-state index contributed by atoms with van der Waals surface area (Å²) in [5, 5.41) is 4.54. The van der Waals surface area contributed by atoms with Gasteiger partial charge in [-0.25, -0.2) is 10.5 Å². The number of aromatic nitrogens is 1. The number of para-hydroxylation sites is 1. The van der Waals surface area contributed by atoms with E-state index in [1.165, 1.54) is 0 Å². The van der Waals surface area contributed by atoms with E-state index in [-0.39, 0.29) is 6.10 Å². The lowest BCUT2D eigenvalue weighted by molar-refractivity contribution is -0.0198. The lowest BCUT2D eigenvalue weighted by Crippen LogP contribution is -2.19. The zero-order valence-corrected chi connectivity index (χ0v) is 20.2. The van der Waals surface area contributed by atoms with Crippen LogP contribution in [0, 0.1) is 0 Å². The molecule has 174 valence electrons. The summed E-state index contributed by atoms with van der Waals surface area (Å²) >= 11 is 6.14. The summed E-state index contributed by atoms with van der Waals surface area (Å²) in [6, 6.07) is 14.6. The largest absolute Gasteiger partial charge is 0.497 e. The first kappa shape index (κ1) is 27.3. The fraction of sp³-hybridized carbons (Fsp3) is 0.333. The van der Waals surface area contributed by atoms with Gasteiger partial charge in [0.1, 0.15) is 11.6 Å². The number of benzene rings is 2. The smallest absolute Gasteiger partial charge is 0.153 e. The average Bonchev–Trinajstić information content (AvgIpc) is 2.84. The van der Waals surface area contributed by atoms with Crippen molar-refractivity contribution in [3.8, 4) is 5.75 Å². The van der Waals surface area contributed by atoms with Crippen molar-refractivity contribution in [2.45, 2.75) is 26.9 Å². The molecule has 0 bridgehead atoms. The number of nitrogens with zero attached hydrogens (tertiary/aromatic N) is 1. The van der Waals surface area contributed by atoms with Crippen LogP contribution in [0.5, 0.6) is 5.75 Å². The van der Waals surface area contributed by atoms with E-state index in [2.05, 4.69) is 15.8 Å². The maximum absolute atomic E-state index is 11.3. The molecule has 7 nitrogen and oxygen atoms in total. The Balaban J connectivity index is 0.000000436. The molecule has 1 heterocycles. The van der Waals surface area contributed by atoms with E-state index >= 15 is 0 Å². The average molecular weight is 462 g/mol. The van der Waals surface area contributed by atoms with E-state index in [0.717, 1.165) is 17.2 Å². The van der Waals surface area contributed by atoms with Crippen LogP contribution in [0.15, 0.2) is 48.5 Å². The van der Waals surface area contributed by atoms with Crippen LogP contribution < -0.4 is 15.5 Å². The summed E-state index contributed by atoms with van der Waals surface area (Å²) in [4.78, 5) is 20.7. The van der Waals surface area contributed by atoms with E-state index in [1.807, 2.05) is 57.2 Å². The Hall–Kier alpha value is -2.71. The number of hydroxylamine groups is 1. The highest BCUT2D eigenvalue weighted by atomic mass is 35.5. The highest BCUT2D eigenvalue weighted by Gasteiger charge is 2.09. The van der Waals surface area contributed by atoms with Gasteiger partial charge in [-0.2, -0.15) is 0 Å². The number of carbonyl (C=O) groups excluding carboxylic acids is 1. The van der Waals surface area contributed by atoms with Crippen molar-refractivity contribution in [2.24, 2.45) is 0 Å². The van der Waals surface area contributed by atoms with Gasteiger partial charge in [-0.1, -0.05) is 37.6 Å².